The molecule has 0 radical (unpaired) electrons. The number of aliphatic carboxylic acids is 1. The first kappa shape index (κ1) is 26.8. The van der Waals surface area contributed by atoms with E-state index in [0.29, 0.717) is 30.7 Å². The summed E-state index contributed by atoms with van der Waals surface area (Å²) in [5.41, 5.74) is 1.36. The lowest BCUT2D eigenvalue weighted by Gasteiger charge is -2.31. The van der Waals surface area contributed by atoms with Crippen LogP contribution >= 0.6 is 0 Å². The molecule has 36 heavy (non-hydrogen) atoms. The summed E-state index contributed by atoms with van der Waals surface area (Å²) in [6, 6.07) is 5.21. The number of ether oxygens (including phenoxy) is 3. The van der Waals surface area contributed by atoms with Gasteiger partial charge in [0.2, 0.25) is 12.2 Å². The number of esters is 1. The van der Waals surface area contributed by atoms with E-state index in [1.54, 1.807) is 18.2 Å². The van der Waals surface area contributed by atoms with E-state index in [1.165, 1.54) is 6.92 Å². The second-order valence-electron chi connectivity index (χ2n) is 8.41. The number of carboxylic acid groups (broad SMARTS) is 1. The third-order valence-electron chi connectivity index (χ3n) is 5.53. The van der Waals surface area contributed by atoms with E-state index in [1.807, 2.05) is 0 Å². The molecule has 2 heterocycles. The van der Waals surface area contributed by atoms with Crippen LogP contribution in [0.5, 0.6) is 5.75 Å². The first-order valence-corrected chi connectivity index (χ1v) is 11.4. The smallest absolute Gasteiger partial charge is 0.333 e. The number of carbonyl (C=O) groups excluding carboxylic acids is 4. The van der Waals surface area contributed by atoms with Gasteiger partial charge in [-0.2, -0.15) is 0 Å². The lowest BCUT2D eigenvalue weighted by Crippen LogP contribution is -2.42. The van der Waals surface area contributed by atoms with E-state index in [9.17, 15) is 34.2 Å². The number of benzene rings is 1. The topological polar surface area (TPSA) is 169 Å². The number of hydrogen-bond acceptors (Lipinski definition) is 9. The second kappa shape index (κ2) is 12.3. The Balaban J connectivity index is 1.58. The first-order chi connectivity index (χ1) is 17.1. The van der Waals surface area contributed by atoms with Crippen molar-refractivity contribution in [1.82, 2.24) is 10.2 Å². The summed E-state index contributed by atoms with van der Waals surface area (Å²) in [7, 11) is 0. The number of imide groups is 1. The predicted molar refractivity (Wildman–Crippen MR) is 121 cm³/mol. The molecule has 0 spiro atoms. The van der Waals surface area contributed by atoms with Gasteiger partial charge in [-0.05, 0) is 24.5 Å². The van der Waals surface area contributed by atoms with Crippen molar-refractivity contribution in [2.45, 2.75) is 57.7 Å². The van der Waals surface area contributed by atoms with E-state index >= 15 is 0 Å². The zero-order valence-corrected chi connectivity index (χ0v) is 19.7. The van der Waals surface area contributed by atoms with Gasteiger partial charge in [-0.3, -0.25) is 24.1 Å². The van der Waals surface area contributed by atoms with Gasteiger partial charge >= 0.3 is 11.9 Å². The van der Waals surface area contributed by atoms with E-state index < -0.39 is 48.2 Å². The van der Waals surface area contributed by atoms with Crippen LogP contribution in [0.25, 0.3) is 0 Å². The fraction of sp³-hybridized carbons (Fsp3) is 0.458. The van der Waals surface area contributed by atoms with Gasteiger partial charge in [0.25, 0.3) is 11.8 Å². The summed E-state index contributed by atoms with van der Waals surface area (Å²) in [6.45, 7) is 1.15. The van der Waals surface area contributed by atoms with Gasteiger partial charge in [-0.1, -0.05) is 12.1 Å². The second-order valence-corrected chi connectivity index (χ2v) is 8.41. The minimum atomic E-state index is -1.20. The van der Waals surface area contributed by atoms with Crippen molar-refractivity contribution < 1.29 is 48.4 Å². The van der Waals surface area contributed by atoms with Crippen molar-refractivity contribution in [2.24, 2.45) is 0 Å². The van der Waals surface area contributed by atoms with Crippen molar-refractivity contribution in [3.8, 4) is 5.75 Å². The van der Waals surface area contributed by atoms with E-state index in [4.69, 9.17) is 14.2 Å². The summed E-state index contributed by atoms with van der Waals surface area (Å²) in [5, 5.41) is 21.9. The first-order valence-electron chi connectivity index (χ1n) is 11.4. The highest BCUT2D eigenvalue weighted by Crippen LogP contribution is 2.28. The average Bonchev–Trinajstić information content (AvgIpc) is 3.12. The lowest BCUT2D eigenvalue weighted by molar-refractivity contribution is -0.195. The molecule has 2 aliphatic heterocycles. The van der Waals surface area contributed by atoms with Gasteiger partial charge < -0.3 is 29.7 Å². The van der Waals surface area contributed by atoms with Crippen molar-refractivity contribution in [1.29, 1.82) is 0 Å². The minimum Gasteiger partial charge on any atom is -0.479 e. The van der Waals surface area contributed by atoms with Gasteiger partial charge in [0.1, 0.15) is 18.9 Å². The SMILES string of the molecule is CC(=O)OCc1ccc(CCCNC(=O)CN2C(=O)C=CC2=O)cc1OC1CC(O)CC(C(=O)O)O1. The maximum absolute atomic E-state index is 12.0. The number of rotatable bonds is 11. The number of carbonyl (C=O) groups is 5. The number of aliphatic hydroxyl groups excluding tert-OH is 1. The van der Waals surface area contributed by atoms with E-state index in [2.05, 4.69) is 5.32 Å². The molecule has 0 bridgehead atoms. The van der Waals surface area contributed by atoms with Gasteiger partial charge in [0.15, 0.2) is 6.10 Å². The fourth-order valence-electron chi connectivity index (χ4n) is 3.71. The number of carboxylic acids is 1. The number of aryl methyl sites for hydroxylation is 1. The number of amides is 3. The zero-order valence-electron chi connectivity index (χ0n) is 19.7. The third kappa shape index (κ3) is 7.62. The standard InChI is InChI=1S/C24H28N2O10/c1-14(27)34-13-16-5-4-15(3-2-8-25-20(29)12-26-21(30)6-7-22(26)31)9-18(16)35-23-11-17(28)10-19(36-23)24(32)33/h4-7,9,17,19,23,28H,2-3,8,10-13H2,1H3,(H,25,29)(H,32,33). The van der Waals surface area contributed by atoms with Crippen molar-refractivity contribution in [3.63, 3.8) is 0 Å². The molecule has 2 aliphatic rings. The van der Waals surface area contributed by atoms with E-state index in [-0.39, 0.29) is 26.0 Å². The highest BCUT2D eigenvalue weighted by atomic mass is 16.7. The van der Waals surface area contributed by atoms with Crippen molar-refractivity contribution in [2.75, 3.05) is 13.1 Å². The number of hydrogen-bond donors (Lipinski definition) is 3. The van der Waals surface area contributed by atoms with Gasteiger partial charge in [0, 0.05) is 44.0 Å². The molecule has 3 unspecified atom stereocenters. The van der Waals surface area contributed by atoms with Crippen molar-refractivity contribution in [3.05, 3.63) is 41.5 Å². The molecular weight excluding hydrogens is 476 g/mol. The number of nitrogens with one attached hydrogen (secondary N) is 1. The molecule has 12 heteroatoms. The number of nitrogens with zero attached hydrogens (tertiary/aromatic N) is 1. The summed E-state index contributed by atoms with van der Waals surface area (Å²) in [4.78, 5) is 58.5. The maximum Gasteiger partial charge on any atom is 0.333 e. The molecule has 3 amide bonds. The molecule has 0 saturated carbocycles. The molecule has 1 saturated heterocycles. The summed E-state index contributed by atoms with van der Waals surface area (Å²) < 4.78 is 16.4. The zero-order chi connectivity index (χ0) is 26.2. The Morgan fingerprint density at radius 3 is 2.56 bits per heavy atom. The molecule has 3 rings (SSSR count). The Hall–Kier alpha value is -3.77. The highest BCUT2D eigenvalue weighted by molar-refractivity contribution is 6.14. The Bertz CT molecular complexity index is 1040. The molecule has 1 aromatic rings. The summed E-state index contributed by atoms with van der Waals surface area (Å²) in [5.74, 6) is -2.87. The fourth-order valence-corrected chi connectivity index (χ4v) is 3.71. The molecule has 12 nitrogen and oxygen atoms in total. The molecule has 3 N–H and O–H groups in total. The molecule has 1 fully saturated rings. The largest absolute Gasteiger partial charge is 0.479 e. The molecular formula is C24H28N2O10. The lowest BCUT2D eigenvalue weighted by atomic mass is 10.0. The van der Waals surface area contributed by atoms with Gasteiger partial charge in [-0.15, -0.1) is 0 Å². The summed E-state index contributed by atoms with van der Waals surface area (Å²) >= 11 is 0. The quantitative estimate of drug-likeness (QED) is 0.213. The maximum atomic E-state index is 12.0. The molecule has 194 valence electrons. The highest BCUT2D eigenvalue weighted by Gasteiger charge is 2.34. The Morgan fingerprint density at radius 2 is 1.89 bits per heavy atom. The third-order valence-corrected chi connectivity index (χ3v) is 5.53. The van der Waals surface area contributed by atoms with Crippen LogP contribution in [0.2, 0.25) is 0 Å². The Morgan fingerprint density at radius 1 is 1.17 bits per heavy atom. The minimum absolute atomic E-state index is 0.0438. The van der Waals surface area contributed by atoms with Crippen LogP contribution in [-0.4, -0.2) is 76.4 Å². The van der Waals surface area contributed by atoms with Crippen LogP contribution in [0.4, 0.5) is 0 Å². The van der Waals surface area contributed by atoms with E-state index in [0.717, 1.165) is 22.6 Å². The van der Waals surface area contributed by atoms with Crippen LogP contribution in [0, 0.1) is 0 Å². The molecule has 1 aromatic carbocycles. The summed E-state index contributed by atoms with van der Waals surface area (Å²) in [6.07, 6.45) is 0.199. The normalized spacial score (nSPS) is 21.4. The van der Waals surface area contributed by atoms with Crippen LogP contribution in [0.1, 0.15) is 37.3 Å². The van der Waals surface area contributed by atoms with Crippen LogP contribution < -0.4 is 10.1 Å². The number of aliphatic hydroxyl groups is 1. The Kier molecular flexibility index (Phi) is 9.14. The molecule has 3 atom stereocenters. The van der Waals surface area contributed by atoms with Gasteiger partial charge in [-0.25, -0.2) is 4.79 Å². The van der Waals surface area contributed by atoms with Crippen LogP contribution in [0.15, 0.2) is 30.4 Å². The Labute approximate surface area is 206 Å². The van der Waals surface area contributed by atoms with Gasteiger partial charge in [0.05, 0.1) is 6.10 Å². The van der Waals surface area contributed by atoms with Crippen molar-refractivity contribution >= 4 is 29.7 Å². The van der Waals surface area contributed by atoms with Crippen LogP contribution in [0.3, 0.4) is 0 Å². The predicted octanol–water partition coefficient (Wildman–Crippen LogP) is 0.0529. The molecule has 0 aromatic heterocycles. The molecule has 0 aliphatic carbocycles. The van der Waals surface area contributed by atoms with Crippen LogP contribution in [-0.2, 0) is 46.5 Å². The monoisotopic (exact) mass is 504 g/mol. The average molecular weight is 504 g/mol.